The number of methoxy groups -OCH3 is 1. The summed E-state index contributed by atoms with van der Waals surface area (Å²) in [7, 11) is 1.63. The Bertz CT molecular complexity index is 1480. The highest BCUT2D eigenvalue weighted by atomic mass is 16.5. The molecule has 0 amide bonds. The van der Waals surface area contributed by atoms with Gasteiger partial charge < -0.3 is 9.64 Å². The number of allylic oxidation sites excluding steroid dienone is 1. The van der Waals surface area contributed by atoms with Gasteiger partial charge in [0.05, 0.1) is 18.8 Å². The molecule has 5 rings (SSSR count). The first-order valence-corrected chi connectivity index (χ1v) is 12.1. The highest BCUT2D eigenvalue weighted by molar-refractivity contribution is 5.90. The van der Waals surface area contributed by atoms with Crippen molar-refractivity contribution in [1.29, 1.82) is 5.26 Å². The summed E-state index contributed by atoms with van der Waals surface area (Å²) in [4.78, 5) is 2.25. The number of nitrogens with zero attached hydrogens (tertiary/aromatic N) is 2. The maximum absolute atomic E-state index is 9.68. The van der Waals surface area contributed by atoms with Crippen LogP contribution in [0.3, 0.4) is 0 Å². The van der Waals surface area contributed by atoms with Crippen molar-refractivity contribution in [3.63, 3.8) is 0 Å². The van der Waals surface area contributed by atoms with Crippen molar-refractivity contribution in [3.8, 4) is 22.9 Å². The molecule has 0 aliphatic heterocycles. The van der Waals surface area contributed by atoms with Crippen molar-refractivity contribution < 1.29 is 4.74 Å². The lowest BCUT2D eigenvalue weighted by molar-refractivity contribution is 0.415. The van der Waals surface area contributed by atoms with Crippen LogP contribution in [0.15, 0.2) is 133 Å². The van der Waals surface area contributed by atoms with Crippen molar-refractivity contribution in [3.05, 3.63) is 145 Å². The zero-order chi connectivity index (χ0) is 25.5. The predicted octanol–water partition coefficient (Wildman–Crippen LogP) is 8.90. The second kappa shape index (κ2) is 11.1. The zero-order valence-corrected chi connectivity index (χ0v) is 20.6. The van der Waals surface area contributed by atoms with Crippen molar-refractivity contribution in [1.82, 2.24) is 0 Å². The predicted molar refractivity (Wildman–Crippen MR) is 153 cm³/mol. The number of benzene rings is 5. The first-order valence-electron chi connectivity index (χ1n) is 12.1. The van der Waals surface area contributed by atoms with Crippen LogP contribution in [0.5, 0.6) is 5.75 Å². The largest absolute Gasteiger partial charge is 0.497 e. The fourth-order valence-electron chi connectivity index (χ4n) is 4.29. The molecule has 0 saturated carbocycles. The van der Waals surface area contributed by atoms with Crippen molar-refractivity contribution in [2.45, 2.75) is 0 Å². The summed E-state index contributed by atoms with van der Waals surface area (Å²) in [6, 6.07) is 47.5. The molecule has 0 radical (unpaired) electrons. The molecule has 0 bridgehead atoms. The summed E-state index contributed by atoms with van der Waals surface area (Å²) in [5, 5.41) is 9.68. The Labute approximate surface area is 218 Å². The van der Waals surface area contributed by atoms with E-state index in [-0.39, 0.29) is 0 Å². The van der Waals surface area contributed by atoms with Crippen LogP contribution in [0.25, 0.3) is 22.8 Å². The van der Waals surface area contributed by atoms with E-state index in [9.17, 15) is 5.26 Å². The number of nitriles is 1. The fourth-order valence-corrected chi connectivity index (χ4v) is 4.29. The quantitative estimate of drug-likeness (QED) is 0.173. The Kier molecular flexibility index (Phi) is 7.11. The second-order valence-corrected chi connectivity index (χ2v) is 8.57. The topological polar surface area (TPSA) is 36.3 Å². The molecular formula is C34H26N2O. The SMILES string of the molecule is COc1ccc(/C(C#N)=C/c2ccc(-c3ccc(N(c4ccccc4)c4ccccc4)cc3)cc2)cc1. The van der Waals surface area contributed by atoms with Gasteiger partial charge in [-0.2, -0.15) is 5.26 Å². The lowest BCUT2D eigenvalue weighted by Gasteiger charge is -2.25. The summed E-state index contributed by atoms with van der Waals surface area (Å²) in [5.74, 6) is 0.770. The molecule has 0 atom stereocenters. The van der Waals surface area contributed by atoms with Crippen molar-refractivity contribution >= 4 is 28.7 Å². The Balaban J connectivity index is 1.39. The van der Waals surface area contributed by atoms with E-state index in [1.54, 1.807) is 7.11 Å². The fraction of sp³-hybridized carbons (Fsp3) is 0.0294. The van der Waals surface area contributed by atoms with Gasteiger partial charge in [-0.05, 0) is 89.0 Å². The number of ether oxygens (including phenoxy) is 1. The summed E-state index contributed by atoms with van der Waals surface area (Å²) in [6.45, 7) is 0. The van der Waals surface area contributed by atoms with Crippen LogP contribution in [0.4, 0.5) is 17.1 Å². The lowest BCUT2D eigenvalue weighted by atomic mass is 10.0. The normalized spacial score (nSPS) is 11.0. The molecule has 0 aliphatic rings. The Morgan fingerprint density at radius 3 is 1.59 bits per heavy atom. The van der Waals surface area contributed by atoms with Gasteiger partial charge in [-0.3, -0.25) is 0 Å². The Hall–Kier alpha value is -5.07. The molecule has 178 valence electrons. The number of anilines is 3. The van der Waals surface area contributed by atoms with Crippen LogP contribution in [0.1, 0.15) is 11.1 Å². The average Bonchev–Trinajstić information content (AvgIpc) is 2.98. The van der Waals surface area contributed by atoms with Gasteiger partial charge in [0.2, 0.25) is 0 Å². The van der Waals surface area contributed by atoms with Crippen molar-refractivity contribution in [2.24, 2.45) is 0 Å². The third-order valence-corrected chi connectivity index (χ3v) is 6.23. The first kappa shape index (κ1) is 23.7. The Morgan fingerprint density at radius 1 is 0.622 bits per heavy atom. The minimum absolute atomic E-state index is 0.613. The molecule has 5 aromatic rings. The summed E-state index contributed by atoms with van der Waals surface area (Å²) >= 11 is 0. The van der Waals surface area contributed by atoms with E-state index >= 15 is 0 Å². The van der Waals surface area contributed by atoms with E-state index in [0.717, 1.165) is 45.1 Å². The van der Waals surface area contributed by atoms with Crippen LogP contribution in [-0.4, -0.2) is 7.11 Å². The summed E-state index contributed by atoms with van der Waals surface area (Å²) in [6.07, 6.45) is 1.91. The third kappa shape index (κ3) is 5.45. The van der Waals surface area contributed by atoms with Gasteiger partial charge in [0, 0.05) is 17.1 Å². The lowest BCUT2D eigenvalue weighted by Crippen LogP contribution is -2.09. The summed E-state index contributed by atoms with van der Waals surface area (Å²) < 4.78 is 5.22. The minimum Gasteiger partial charge on any atom is -0.497 e. The smallest absolute Gasteiger partial charge is 0.118 e. The van der Waals surface area contributed by atoms with Gasteiger partial charge in [0.25, 0.3) is 0 Å². The van der Waals surface area contributed by atoms with Gasteiger partial charge in [-0.25, -0.2) is 0 Å². The summed E-state index contributed by atoms with van der Waals surface area (Å²) in [5.41, 5.74) is 8.04. The number of rotatable bonds is 7. The van der Waals surface area contributed by atoms with Gasteiger partial charge in [0.1, 0.15) is 5.75 Å². The van der Waals surface area contributed by atoms with Gasteiger partial charge in [-0.1, -0.05) is 72.8 Å². The molecule has 0 spiro atoms. The molecule has 0 saturated heterocycles. The molecule has 0 aromatic heterocycles. The number of hydrogen-bond donors (Lipinski definition) is 0. The molecule has 5 aromatic carbocycles. The molecule has 0 fully saturated rings. The van der Waals surface area contributed by atoms with Crippen LogP contribution in [0, 0.1) is 11.3 Å². The van der Waals surface area contributed by atoms with E-state index in [4.69, 9.17) is 4.74 Å². The van der Waals surface area contributed by atoms with Crippen LogP contribution >= 0.6 is 0 Å². The highest BCUT2D eigenvalue weighted by Crippen LogP contribution is 2.35. The van der Waals surface area contributed by atoms with E-state index in [1.807, 2.05) is 54.6 Å². The van der Waals surface area contributed by atoms with Crippen LogP contribution < -0.4 is 9.64 Å². The first-order chi connectivity index (χ1) is 18.2. The van der Waals surface area contributed by atoms with Crippen molar-refractivity contribution in [2.75, 3.05) is 12.0 Å². The molecular weight excluding hydrogens is 452 g/mol. The zero-order valence-electron chi connectivity index (χ0n) is 20.6. The van der Waals surface area contributed by atoms with Gasteiger partial charge in [-0.15, -0.1) is 0 Å². The molecule has 0 heterocycles. The molecule has 0 unspecified atom stereocenters. The van der Waals surface area contributed by atoms with E-state index in [0.29, 0.717) is 5.57 Å². The third-order valence-electron chi connectivity index (χ3n) is 6.23. The maximum Gasteiger partial charge on any atom is 0.118 e. The minimum atomic E-state index is 0.613. The monoisotopic (exact) mass is 478 g/mol. The maximum atomic E-state index is 9.68. The van der Waals surface area contributed by atoms with Crippen LogP contribution in [0.2, 0.25) is 0 Å². The highest BCUT2D eigenvalue weighted by Gasteiger charge is 2.12. The van der Waals surface area contributed by atoms with E-state index < -0.39 is 0 Å². The standard InChI is InChI=1S/C34H26N2O/c1-37-34-22-18-29(19-23-34)30(25-35)24-26-12-14-27(15-13-26)28-16-20-33(21-17-28)36(31-8-4-2-5-9-31)32-10-6-3-7-11-32/h2-24H,1H3/b30-24+. The average molecular weight is 479 g/mol. The molecule has 3 nitrogen and oxygen atoms in total. The van der Waals surface area contributed by atoms with E-state index in [2.05, 4.69) is 95.9 Å². The van der Waals surface area contributed by atoms with Crippen LogP contribution in [-0.2, 0) is 0 Å². The van der Waals surface area contributed by atoms with Gasteiger partial charge >= 0.3 is 0 Å². The molecule has 3 heteroatoms. The molecule has 0 N–H and O–H groups in total. The molecule has 0 aliphatic carbocycles. The Morgan fingerprint density at radius 2 is 1.11 bits per heavy atom. The molecule has 37 heavy (non-hydrogen) atoms. The van der Waals surface area contributed by atoms with Gasteiger partial charge in [0.15, 0.2) is 0 Å². The second-order valence-electron chi connectivity index (χ2n) is 8.57. The number of hydrogen-bond acceptors (Lipinski definition) is 3. The van der Waals surface area contributed by atoms with E-state index in [1.165, 1.54) is 0 Å². The number of para-hydroxylation sites is 2.